The topological polar surface area (TPSA) is 67.6 Å². The molecule has 150 valence electrons. The molecule has 0 spiro atoms. The SMILES string of the molecule is CCNC(=NCCCCn1cnnc1)N(C)Cc1ccc(OC)c(F)c1.I. The molecule has 7 nitrogen and oxygen atoms in total. The van der Waals surface area contributed by atoms with Gasteiger partial charge in [-0.1, -0.05) is 6.07 Å². The van der Waals surface area contributed by atoms with E-state index in [4.69, 9.17) is 4.74 Å². The van der Waals surface area contributed by atoms with Gasteiger partial charge in [-0.25, -0.2) is 4.39 Å². The Kier molecular flexibility index (Phi) is 10.7. The van der Waals surface area contributed by atoms with Crippen molar-refractivity contribution >= 4 is 29.9 Å². The monoisotopic (exact) mass is 490 g/mol. The lowest BCUT2D eigenvalue weighted by molar-refractivity contribution is 0.385. The van der Waals surface area contributed by atoms with Crippen LogP contribution in [0.5, 0.6) is 5.75 Å². The zero-order valence-electron chi connectivity index (χ0n) is 16.1. The minimum Gasteiger partial charge on any atom is -0.494 e. The van der Waals surface area contributed by atoms with E-state index in [1.54, 1.807) is 18.7 Å². The summed E-state index contributed by atoms with van der Waals surface area (Å²) in [6.45, 7) is 4.99. The molecule has 1 heterocycles. The van der Waals surface area contributed by atoms with Gasteiger partial charge < -0.3 is 19.5 Å². The molecule has 2 rings (SSSR count). The fourth-order valence-electron chi connectivity index (χ4n) is 2.56. The van der Waals surface area contributed by atoms with Crippen LogP contribution >= 0.6 is 24.0 Å². The first kappa shape index (κ1) is 23.1. The molecular formula is C18H28FIN6O. The molecule has 0 aliphatic heterocycles. The van der Waals surface area contributed by atoms with Gasteiger partial charge in [-0.05, 0) is 37.5 Å². The number of aliphatic imine (C=N–C) groups is 1. The van der Waals surface area contributed by atoms with Gasteiger partial charge >= 0.3 is 0 Å². The van der Waals surface area contributed by atoms with Crippen molar-refractivity contribution in [1.82, 2.24) is 25.0 Å². The smallest absolute Gasteiger partial charge is 0.193 e. The number of hydrogen-bond acceptors (Lipinski definition) is 4. The Morgan fingerprint density at radius 2 is 2.04 bits per heavy atom. The van der Waals surface area contributed by atoms with E-state index in [2.05, 4.69) is 20.5 Å². The minimum absolute atomic E-state index is 0. The number of rotatable bonds is 9. The number of nitrogens with zero attached hydrogens (tertiary/aromatic N) is 5. The molecule has 1 aromatic heterocycles. The number of nitrogens with one attached hydrogen (secondary N) is 1. The summed E-state index contributed by atoms with van der Waals surface area (Å²) in [7, 11) is 3.41. The van der Waals surface area contributed by atoms with Crippen molar-refractivity contribution in [3.05, 3.63) is 42.2 Å². The van der Waals surface area contributed by atoms with E-state index in [-0.39, 0.29) is 35.5 Å². The number of aryl methyl sites for hydroxylation is 1. The first-order chi connectivity index (χ1) is 12.6. The lowest BCUT2D eigenvalue weighted by atomic mass is 10.2. The van der Waals surface area contributed by atoms with Crippen LogP contribution in [0.4, 0.5) is 4.39 Å². The average molecular weight is 490 g/mol. The molecule has 1 N–H and O–H groups in total. The van der Waals surface area contributed by atoms with Crippen LogP contribution in [0.3, 0.4) is 0 Å². The molecule has 0 fully saturated rings. The summed E-state index contributed by atoms with van der Waals surface area (Å²) in [6.07, 6.45) is 5.41. The van der Waals surface area contributed by atoms with E-state index in [1.807, 2.05) is 29.5 Å². The first-order valence-electron chi connectivity index (χ1n) is 8.78. The van der Waals surface area contributed by atoms with Crippen molar-refractivity contribution < 1.29 is 9.13 Å². The molecule has 1 aromatic carbocycles. The minimum atomic E-state index is -0.352. The van der Waals surface area contributed by atoms with Gasteiger partial charge in [0.2, 0.25) is 0 Å². The van der Waals surface area contributed by atoms with Crippen LogP contribution < -0.4 is 10.1 Å². The molecule has 27 heavy (non-hydrogen) atoms. The number of halogens is 2. The summed E-state index contributed by atoms with van der Waals surface area (Å²) in [5.74, 6) is 0.715. The largest absolute Gasteiger partial charge is 0.494 e. The number of methoxy groups -OCH3 is 1. The van der Waals surface area contributed by atoms with Crippen molar-refractivity contribution in [2.45, 2.75) is 32.9 Å². The lowest BCUT2D eigenvalue weighted by Gasteiger charge is -2.22. The number of hydrogen-bond donors (Lipinski definition) is 1. The summed E-state index contributed by atoms with van der Waals surface area (Å²) < 4.78 is 20.8. The second kappa shape index (κ2) is 12.5. The number of ether oxygens (including phenoxy) is 1. The predicted octanol–water partition coefficient (Wildman–Crippen LogP) is 2.92. The van der Waals surface area contributed by atoms with Gasteiger partial charge in [-0.3, -0.25) is 4.99 Å². The highest BCUT2D eigenvalue weighted by Crippen LogP contribution is 2.18. The van der Waals surface area contributed by atoms with Crippen LogP contribution in [0.25, 0.3) is 0 Å². The fraction of sp³-hybridized carbons (Fsp3) is 0.500. The lowest BCUT2D eigenvalue weighted by Crippen LogP contribution is -2.38. The van der Waals surface area contributed by atoms with Gasteiger partial charge in [0.05, 0.1) is 7.11 Å². The molecule has 9 heteroatoms. The molecular weight excluding hydrogens is 462 g/mol. The molecule has 0 aliphatic carbocycles. The maximum absolute atomic E-state index is 13.9. The average Bonchev–Trinajstić information content (AvgIpc) is 3.14. The van der Waals surface area contributed by atoms with E-state index in [9.17, 15) is 4.39 Å². The quantitative estimate of drug-likeness (QED) is 0.254. The Hall–Kier alpha value is -1.91. The Morgan fingerprint density at radius 1 is 1.30 bits per heavy atom. The number of aromatic nitrogens is 3. The van der Waals surface area contributed by atoms with Crippen LogP contribution in [0.15, 0.2) is 35.8 Å². The maximum Gasteiger partial charge on any atom is 0.193 e. The maximum atomic E-state index is 13.9. The summed E-state index contributed by atoms with van der Waals surface area (Å²) in [5.41, 5.74) is 0.865. The zero-order chi connectivity index (χ0) is 18.8. The van der Waals surface area contributed by atoms with E-state index in [1.165, 1.54) is 13.2 Å². The number of unbranched alkanes of at least 4 members (excludes halogenated alkanes) is 1. The summed E-state index contributed by atoms with van der Waals surface area (Å²) >= 11 is 0. The van der Waals surface area contributed by atoms with Gasteiger partial charge in [0.1, 0.15) is 12.7 Å². The fourth-order valence-corrected chi connectivity index (χ4v) is 2.56. The van der Waals surface area contributed by atoms with Crippen LogP contribution in [0.2, 0.25) is 0 Å². The van der Waals surface area contributed by atoms with E-state index >= 15 is 0 Å². The van der Waals surface area contributed by atoms with Gasteiger partial charge in [-0.15, -0.1) is 34.2 Å². The third-order valence-electron chi connectivity index (χ3n) is 3.88. The Labute approximate surface area is 177 Å². The second-order valence-corrected chi connectivity index (χ2v) is 5.97. The van der Waals surface area contributed by atoms with Crippen molar-refractivity contribution in [3.8, 4) is 5.75 Å². The molecule has 0 amide bonds. The zero-order valence-corrected chi connectivity index (χ0v) is 18.4. The number of guanidine groups is 1. The molecule has 0 bridgehead atoms. The van der Waals surface area contributed by atoms with Crippen molar-refractivity contribution in [3.63, 3.8) is 0 Å². The van der Waals surface area contributed by atoms with Gasteiger partial charge in [0.25, 0.3) is 0 Å². The summed E-state index contributed by atoms with van der Waals surface area (Å²) in [5, 5.41) is 10.9. The molecule has 2 aromatic rings. The van der Waals surface area contributed by atoms with E-state index in [0.717, 1.165) is 44.0 Å². The van der Waals surface area contributed by atoms with Crippen LogP contribution in [0.1, 0.15) is 25.3 Å². The third-order valence-corrected chi connectivity index (χ3v) is 3.88. The highest BCUT2D eigenvalue weighted by molar-refractivity contribution is 14.0. The highest BCUT2D eigenvalue weighted by atomic mass is 127. The highest BCUT2D eigenvalue weighted by Gasteiger charge is 2.09. The molecule has 0 aliphatic rings. The van der Waals surface area contributed by atoms with Crippen molar-refractivity contribution in [2.75, 3.05) is 27.2 Å². The first-order valence-corrected chi connectivity index (χ1v) is 8.78. The Morgan fingerprint density at radius 3 is 2.67 bits per heavy atom. The van der Waals surface area contributed by atoms with Gasteiger partial charge in [0, 0.05) is 33.2 Å². The van der Waals surface area contributed by atoms with Gasteiger partial charge in [0.15, 0.2) is 17.5 Å². The van der Waals surface area contributed by atoms with Crippen LogP contribution in [-0.4, -0.2) is 52.9 Å². The van der Waals surface area contributed by atoms with E-state index < -0.39 is 0 Å². The molecule has 0 radical (unpaired) electrons. The third kappa shape index (κ3) is 7.69. The summed E-state index contributed by atoms with van der Waals surface area (Å²) in [6, 6.07) is 5.01. The van der Waals surface area contributed by atoms with E-state index in [0.29, 0.717) is 6.54 Å². The predicted molar refractivity (Wildman–Crippen MR) is 115 cm³/mol. The standard InChI is InChI=1S/C18H27FN6O.HI/c1-4-20-18(21-9-5-6-10-25-13-22-23-14-25)24(2)12-15-7-8-17(26-3)16(19)11-15;/h7-8,11,13-14H,4-6,9-10,12H2,1-3H3,(H,20,21);1H. The van der Waals surface area contributed by atoms with Crippen LogP contribution in [0, 0.1) is 5.82 Å². The molecule has 0 atom stereocenters. The molecule has 0 saturated heterocycles. The molecule has 0 unspecified atom stereocenters. The normalized spacial score (nSPS) is 11.0. The second-order valence-electron chi connectivity index (χ2n) is 5.97. The van der Waals surface area contributed by atoms with Crippen LogP contribution in [-0.2, 0) is 13.1 Å². The van der Waals surface area contributed by atoms with Crippen molar-refractivity contribution in [1.29, 1.82) is 0 Å². The van der Waals surface area contributed by atoms with Crippen molar-refractivity contribution in [2.24, 2.45) is 4.99 Å². The molecule has 0 saturated carbocycles. The van der Waals surface area contributed by atoms with Gasteiger partial charge in [-0.2, -0.15) is 0 Å². The Balaban J connectivity index is 0.00000364. The number of benzene rings is 1. The summed E-state index contributed by atoms with van der Waals surface area (Å²) in [4.78, 5) is 6.65. The Bertz CT molecular complexity index is 695.